The third-order valence-corrected chi connectivity index (χ3v) is 6.18. The standard InChI is InChI=1S/C28H34N4O2/c1-19(2)22-12-14-24(15-13-22)32-17-25(23-8-6-5-7-9-23)29-28(32)30-26(33)18-31(16-21-10-11-21)27(34)20(3)4/h5-9,12-15,17,19-21H,10-11,16,18H2,1-4H3,(H,29,30,33). The maximum absolute atomic E-state index is 13.1. The van der Waals surface area contributed by atoms with Gasteiger partial charge in [-0.3, -0.25) is 19.5 Å². The molecule has 0 radical (unpaired) electrons. The molecule has 6 heteroatoms. The minimum Gasteiger partial charge on any atom is -0.333 e. The topological polar surface area (TPSA) is 67.2 Å². The highest BCUT2D eigenvalue weighted by Gasteiger charge is 2.29. The molecule has 178 valence electrons. The van der Waals surface area contributed by atoms with Crippen molar-refractivity contribution in [3.63, 3.8) is 0 Å². The number of nitrogens with zero attached hydrogens (tertiary/aromatic N) is 3. The van der Waals surface area contributed by atoms with Gasteiger partial charge in [-0.15, -0.1) is 0 Å². The molecule has 0 bridgehead atoms. The van der Waals surface area contributed by atoms with E-state index in [0.29, 0.717) is 24.3 Å². The first-order chi connectivity index (χ1) is 16.3. The second-order valence-corrected chi connectivity index (χ2v) is 9.80. The van der Waals surface area contributed by atoms with Crippen LogP contribution >= 0.6 is 0 Å². The molecular weight excluding hydrogens is 424 g/mol. The van der Waals surface area contributed by atoms with Crippen molar-refractivity contribution >= 4 is 17.8 Å². The molecule has 1 saturated carbocycles. The number of nitrogens with one attached hydrogen (secondary N) is 1. The van der Waals surface area contributed by atoms with Gasteiger partial charge in [-0.25, -0.2) is 4.98 Å². The normalized spacial score (nSPS) is 13.4. The summed E-state index contributed by atoms with van der Waals surface area (Å²) < 4.78 is 1.90. The zero-order valence-corrected chi connectivity index (χ0v) is 20.5. The van der Waals surface area contributed by atoms with Crippen LogP contribution in [0.4, 0.5) is 5.95 Å². The van der Waals surface area contributed by atoms with Gasteiger partial charge in [-0.1, -0.05) is 70.2 Å². The molecule has 1 aliphatic carbocycles. The van der Waals surface area contributed by atoms with Gasteiger partial charge in [0.15, 0.2) is 0 Å². The van der Waals surface area contributed by atoms with Crippen molar-refractivity contribution < 1.29 is 9.59 Å². The fourth-order valence-electron chi connectivity index (χ4n) is 3.98. The van der Waals surface area contributed by atoms with Gasteiger partial charge in [0.25, 0.3) is 0 Å². The Morgan fingerprint density at radius 2 is 1.71 bits per heavy atom. The van der Waals surface area contributed by atoms with Gasteiger partial charge in [0.05, 0.1) is 12.2 Å². The molecule has 4 rings (SSSR count). The van der Waals surface area contributed by atoms with Crippen molar-refractivity contribution in [2.45, 2.75) is 46.5 Å². The Morgan fingerprint density at radius 3 is 2.29 bits per heavy atom. The zero-order valence-electron chi connectivity index (χ0n) is 20.5. The Labute approximate surface area is 202 Å². The number of imidazole rings is 1. The zero-order chi connectivity index (χ0) is 24.2. The van der Waals surface area contributed by atoms with E-state index in [2.05, 4.69) is 31.3 Å². The van der Waals surface area contributed by atoms with Crippen LogP contribution in [0.25, 0.3) is 16.9 Å². The smallest absolute Gasteiger partial charge is 0.246 e. The van der Waals surface area contributed by atoms with Crippen LogP contribution < -0.4 is 5.32 Å². The van der Waals surface area contributed by atoms with Crippen LogP contribution in [0.3, 0.4) is 0 Å². The molecule has 0 saturated heterocycles. The molecule has 6 nitrogen and oxygen atoms in total. The van der Waals surface area contributed by atoms with Crippen molar-refractivity contribution in [1.29, 1.82) is 0 Å². The van der Waals surface area contributed by atoms with Gasteiger partial charge >= 0.3 is 0 Å². The predicted octanol–water partition coefficient (Wildman–Crippen LogP) is 5.50. The summed E-state index contributed by atoms with van der Waals surface area (Å²) in [6.45, 7) is 8.76. The lowest BCUT2D eigenvalue weighted by Gasteiger charge is -2.24. The molecule has 2 aromatic carbocycles. The lowest BCUT2D eigenvalue weighted by molar-refractivity contribution is -0.137. The van der Waals surface area contributed by atoms with Gasteiger partial charge < -0.3 is 4.90 Å². The Bertz CT molecular complexity index is 1130. The van der Waals surface area contributed by atoms with Crippen LogP contribution in [0.15, 0.2) is 60.8 Å². The summed E-state index contributed by atoms with van der Waals surface area (Å²) in [4.78, 5) is 32.2. The van der Waals surface area contributed by atoms with Crippen molar-refractivity contribution in [1.82, 2.24) is 14.5 Å². The highest BCUT2D eigenvalue weighted by Crippen LogP contribution is 2.30. The van der Waals surface area contributed by atoms with Crippen molar-refractivity contribution in [2.75, 3.05) is 18.4 Å². The van der Waals surface area contributed by atoms with E-state index in [1.165, 1.54) is 5.56 Å². The summed E-state index contributed by atoms with van der Waals surface area (Å²) >= 11 is 0. The lowest BCUT2D eigenvalue weighted by Crippen LogP contribution is -2.41. The van der Waals surface area contributed by atoms with Crippen LogP contribution in [0, 0.1) is 11.8 Å². The van der Waals surface area contributed by atoms with Crippen molar-refractivity contribution in [2.24, 2.45) is 11.8 Å². The van der Waals surface area contributed by atoms with E-state index in [1.54, 1.807) is 4.90 Å². The first-order valence-electron chi connectivity index (χ1n) is 12.2. The molecule has 0 spiro atoms. The van der Waals surface area contributed by atoms with Crippen molar-refractivity contribution in [3.05, 3.63) is 66.4 Å². The number of carbonyl (C=O) groups is 2. The number of hydrogen-bond donors (Lipinski definition) is 1. The van der Waals surface area contributed by atoms with E-state index in [0.717, 1.165) is 29.8 Å². The Balaban J connectivity index is 1.60. The van der Waals surface area contributed by atoms with Crippen LogP contribution in [0.5, 0.6) is 0 Å². The van der Waals surface area contributed by atoms with E-state index >= 15 is 0 Å². The van der Waals surface area contributed by atoms with Crippen molar-refractivity contribution in [3.8, 4) is 16.9 Å². The second kappa shape index (κ2) is 10.2. The molecule has 0 aliphatic heterocycles. The number of rotatable bonds is 9. The number of amides is 2. The summed E-state index contributed by atoms with van der Waals surface area (Å²) in [6, 6.07) is 18.2. The fourth-order valence-corrected chi connectivity index (χ4v) is 3.98. The van der Waals surface area contributed by atoms with Gasteiger partial charge in [0.2, 0.25) is 17.8 Å². The lowest BCUT2D eigenvalue weighted by atomic mass is 10.0. The molecule has 34 heavy (non-hydrogen) atoms. The molecule has 2 amide bonds. The molecule has 1 heterocycles. The molecular formula is C28H34N4O2. The highest BCUT2D eigenvalue weighted by atomic mass is 16.2. The van der Waals surface area contributed by atoms with Gasteiger partial charge in [0, 0.05) is 29.9 Å². The molecule has 3 aromatic rings. The highest BCUT2D eigenvalue weighted by molar-refractivity contribution is 5.94. The van der Waals surface area contributed by atoms with Crippen LogP contribution in [0.2, 0.25) is 0 Å². The maximum atomic E-state index is 13.1. The maximum Gasteiger partial charge on any atom is 0.246 e. The number of benzene rings is 2. The minimum atomic E-state index is -0.236. The third-order valence-electron chi connectivity index (χ3n) is 6.18. The first kappa shape index (κ1) is 23.7. The van der Waals surface area contributed by atoms with Gasteiger partial charge in [-0.05, 0) is 42.4 Å². The van der Waals surface area contributed by atoms with Crippen LogP contribution in [-0.4, -0.2) is 39.4 Å². The second-order valence-electron chi connectivity index (χ2n) is 9.80. The van der Waals surface area contributed by atoms with Crippen LogP contribution in [-0.2, 0) is 9.59 Å². The quantitative estimate of drug-likeness (QED) is 0.461. The number of carbonyl (C=O) groups excluding carboxylic acids is 2. The summed E-state index contributed by atoms with van der Waals surface area (Å²) in [6.07, 6.45) is 4.19. The first-order valence-corrected chi connectivity index (χ1v) is 12.2. The number of hydrogen-bond acceptors (Lipinski definition) is 3. The number of anilines is 1. The SMILES string of the molecule is CC(C)C(=O)N(CC(=O)Nc1nc(-c2ccccc2)cn1-c1ccc(C(C)C)cc1)CC1CC1. The Morgan fingerprint density at radius 1 is 1.03 bits per heavy atom. The number of aromatic nitrogens is 2. The Kier molecular flexibility index (Phi) is 7.15. The summed E-state index contributed by atoms with van der Waals surface area (Å²) in [5.74, 6) is 1.04. The summed E-state index contributed by atoms with van der Waals surface area (Å²) in [7, 11) is 0. The van der Waals surface area contributed by atoms with E-state index < -0.39 is 0 Å². The molecule has 0 atom stereocenters. The van der Waals surface area contributed by atoms with Gasteiger partial charge in [-0.2, -0.15) is 0 Å². The van der Waals surface area contributed by atoms with E-state index in [4.69, 9.17) is 4.98 Å². The summed E-state index contributed by atoms with van der Waals surface area (Å²) in [5.41, 5.74) is 3.92. The average Bonchev–Trinajstić information content (AvgIpc) is 3.55. The average molecular weight is 459 g/mol. The molecule has 1 aromatic heterocycles. The molecule has 1 aliphatic rings. The molecule has 1 N–H and O–H groups in total. The largest absolute Gasteiger partial charge is 0.333 e. The minimum absolute atomic E-state index is 0.0136. The van der Waals surface area contributed by atoms with Crippen LogP contribution in [0.1, 0.15) is 52.0 Å². The van der Waals surface area contributed by atoms with Gasteiger partial charge in [0.1, 0.15) is 0 Å². The fraction of sp³-hybridized carbons (Fsp3) is 0.393. The monoisotopic (exact) mass is 458 g/mol. The van der Waals surface area contributed by atoms with E-state index in [-0.39, 0.29) is 24.3 Å². The van der Waals surface area contributed by atoms with E-state index in [1.807, 2.05) is 67.1 Å². The van der Waals surface area contributed by atoms with E-state index in [9.17, 15) is 9.59 Å². The summed E-state index contributed by atoms with van der Waals surface area (Å²) in [5, 5.41) is 2.97. The predicted molar refractivity (Wildman–Crippen MR) is 136 cm³/mol. The molecule has 1 fully saturated rings. The third kappa shape index (κ3) is 5.74. The Hall–Kier alpha value is -3.41. The molecule has 0 unspecified atom stereocenters.